The summed E-state index contributed by atoms with van der Waals surface area (Å²) in [5, 5.41) is 18.7. The minimum atomic E-state index is -0.678. The van der Waals surface area contributed by atoms with E-state index in [4.69, 9.17) is 9.47 Å². The molecule has 0 aliphatic heterocycles. The molecule has 0 aromatic heterocycles. The number of hydrogen-bond donors (Lipinski definition) is 2. The van der Waals surface area contributed by atoms with E-state index in [-0.39, 0.29) is 36.3 Å². The lowest BCUT2D eigenvalue weighted by Crippen LogP contribution is -2.18. The summed E-state index contributed by atoms with van der Waals surface area (Å²) in [6.07, 6.45) is 0.466. The first-order valence-electron chi connectivity index (χ1n) is 11.4. The number of hydrogen-bond acceptors (Lipinski definition) is 12. The van der Waals surface area contributed by atoms with Gasteiger partial charge >= 0.3 is 23.9 Å². The van der Waals surface area contributed by atoms with Gasteiger partial charge in [-0.25, -0.2) is 9.59 Å². The number of carbonyl (C=O) groups excluding carboxylic acids is 4. The topological polar surface area (TPSA) is 146 Å². The Balaban J connectivity index is 0.000000757. The minimum Gasteiger partial charge on any atom is -0.469 e. The molecule has 0 aliphatic carbocycles. The number of methoxy groups -OCH3 is 2. The lowest BCUT2D eigenvalue weighted by atomic mass is 10.1. The molecule has 12 heteroatoms. The molecular weight excluding hydrogens is 512 g/mol. The highest BCUT2D eigenvalue weighted by Gasteiger charge is 2.13. The summed E-state index contributed by atoms with van der Waals surface area (Å²) in [6, 6.07) is 5.81. The van der Waals surface area contributed by atoms with Crippen molar-refractivity contribution in [2.24, 2.45) is 0 Å². The van der Waals surface area contributed by atoms with Crippen LogP contribution in [-0.2, 0) is 28.5 Å². The summed E-state index contributed by atoms with van der Waals surface area (Å²) in [6.45, 7) is 3.45. The minimum absolute atomic E-state index is 0.0615. The lowest BCUT2D eigenvalue weighted by molar-refractivity contribution is -0.141. The van der Waals surface area contributed by atoms with Crippen LogP contribution < -0.4 is 0 Å². The zero-order valence-electron chi connectivity index (χ0n) is 21.1. The van der Waals surface area contributed by atoms with Gasteiger partial charge in [-0.2, -0.15) is 0 Å². The van der Waals surface area contributed by atoms with Crippen molar-refractivity contribution < 1.29 is 48.3 Å². The first-order chi connectivity index (χ1) is 17.2. The van der Waals surface area contributed by atoms with Gasteiger partial charge in [-0.3, -0.25) is 9.59 Å². The monoisotopic (exact) mass is 548 g/mol. The molecular formula is C24H36O10S2. The van der Waals surface area contributed by atoms with Gasteiger partial charge in [-0.1, -0.05) is 35.4 Å². The van der Waals surface area contributed by atoms with Crippen LogP contribution in [0.15, 0.2) is 24.3 Å². The molecule has 0 amide bonds. The van der Waals surface area contributed by atoms with Crippen LogP contribution in [0.5, 0.6) is 0 Å². The van der Waals surface area contributed by atoms with Crippen molar-refractivity contribution >= 4 is 45.5 Å². The number of carbonyl (C=O) groups is 4. The van der Waals surface area contributed by atoms with E-state index >= 15 is 0 Å². The SMILES string of the molecule is CCC(O)COC(=O)c1ccc(C(=O)OCC(O)CC)cc1.COC(=O)CCSSCCC(=O)OC. The highest BCUT2D eigenvalue weighted by Crippen LogP contribution is 2.22. The summed E-state index contributed by atoms with van der Waals surface area (Å²) in [5.74, 6) is -0.114. The molecule has 0 bridgehead atoms. The summed E-state index contributed by atoms with van der Waals surface area (Å²) in [7, 11) is 5.86. The second kappa shape index (κ2) is 20.9. The third-order valence-electron chi connectivity index (χ3n) is 4.43. The molecule has 1 aromatic rings. The number of esters is 4. The number of aliphatic hydroxyl groups is 2. The smallest absolute Gasteiger partial charge is 0.338 e. The molecule has 2 atom stereocenters. The maximum atomic E-state index is 11.7. The average Bonchev–Trinajstić information content (AvgIpc) is 2.91. The Labute approximate surface area is 219 Å². The van der Waals surface area contributed by atoms with E-state index in [0.29, 0.717) is 37.2 Å². The van der Waals surface area contributed by atoms with E-state index in [0.717, 1.165) is 0 Å². The van der Waals surface area contributed by atoms with Gasteiger partial charge in [0.15, 0.2) is 0 Å². The number of ether oxygens (including phenoxy) is 4. The molecule has 0 aliphatic rings. The average molecular weight is 549 g/mol. The predicted octanol–water partition coefficient (Wildman–Crippen LogP) is 3.04. The quantitative estimate of drug-likeness (QED) is 0.144. The molecule has 2 N–H and O–H groups in total. The van der Waals surface area contributed by atoms with Crippen molar-refractivity contribution in [2.75, 3.05) is 38.9 Å². The van der Waals surface area contributed by atoms with Crippen molar-refractivity contribution in [3.8, 4) is 0 Å². The maximum Gasteiger partial charge on any atom is 0.338 e. The highest BCUT2D eigenvalue weighted by atomic mass is 33.1. The Morgan fingerprint density at radius 1 is 0.722 bits per heavy atom. The van der Waals surface area contributed by atoms with Crippen LogP contribution in [0.4, 0.5) is 0 Å². The van der Waals surface area contributed by atoms with Crippen molar-refractivity contribution in [1.82, 2.24) is 0 Å². The Bertz CT molecular complexity index is 721. The summed E-state index contributed by atoms with van der Waals surface area (Å²) < 4.78 is 18.8. The van der Waals surface area contributed by atoms with Crippen molar-refractivity contribution in [2.45, 2.75) is 51.7 Å². The second-order valence-electron chi connectivity index (χ2n) is 7.19. The molecule has 204 valence electrons. The summed E-state index contributed by atoms with van der Waals surface area (Å²) >= 11 is 0. The van der Waals surface area contributed by atoms with E-state index in [1.54, 1.807) is 35.4 Å². The van der Waals surface area contributed by atoms with Crippen LogP contribution in [0.1, 0.15) is 60.2 Å². The second-order valence-corrected chi connectivity index (χ2v) is 9.90. The molecule has 1 aromatic carbocycles. The van der Waals surface area contributed by atoms with E-state index in [1.807, 2.05) is 0 Å². The van der Waals surface area contributed by atoms with Gasteiger partial charge in [-0.05, 0) is 37.1 Å². The molecule has 1 rings (SSSR count). The van der Waals surface area contributed by atoms with Crippen LogP contribution in [0, 0.1) is 0 Å². The van der Waals surface area contributed by atoms with Crippen LogP contribution in [0.3, 0.4) is 0 Å². The molecule has 10 nitrogen and oxygen atoms in total. The van der Waals surface area contributed by atoms with Crippen molar-refractivity contribution in [3.05, 3.63) is 35.4 Å². The van der Waals surface area contributed by atoms with E-state index in [2.05, 4.69) is 9.47 Å². The number of aliphatic hydroxyl groups excluding tert-OH is 2. The van der Waals surface area contributed by atoms with E-state index < -0.39 is 24.1 Å². The zero-order valence-corrected chi connectivity index (χ0v) is 22.7. The Kier molecular flexibility index (Phi) is 19.5. The largest absolute Gasteiger partial charge is 0.469 e. The van der Waals surface area contributed by atoms with Gasteiger partial charge in [0.1, 0.15) is 13.2 Å². The number of benzene rings is 1. The maximum absolute atomic E-state index is 11.7. The molecule has 0 heterocycles. The van der Waals surface area contributed by atoms with Gasteiger partial charge in [0, 0.05) is 11.5 Å². The molecule has 2 unspecified atom stereocenters. The van der Waals surface area contributed by atoms with Gasteiger partial charge in [-0.15, -0.1) is 0 Å². The molecule has 0 radical (unpaired) electrons. The summed E-state index contributed by atoms with van der Waals surface area (Å²) in [5.41, 5.74) is 0.571. The normalized spacial score (nSPS) is 11.8. The molecule has 0 fully saturated rings. The summed E-state index contributed by atoms with van der Waals surface area (Å²) in [4.78, 5) is 44.8. The Hall–Kier alpha value is -2.28. The van der Waals surface area contributed by atoms with E-state index in [1.165, 1.54) is 38.5 Å². The van der Waals surface area contributed by atoms with Crippen LogP contribution in [0.25, 0.3) is 0 Å². The Morgan fingerprint density at radius 2 is 1.06 bits per heavy atom. The van der Waals surface area contributed by atoms with Crippen LogP contribution >= 0.6 is 21.6 Å². The molecule has 0 spiro atoms. The van der Waals surface area contributed by atoms with Crippen molar-refractivity contribution in [1.29, 1.82) is 0 Å². The standard InChI is InChI=1S/C16H22O6.C8H14O4S2/c1-3-13(17)9-21-15(19)11-5-7-12(8-6-11)16(20)22-10-14(18)4-2;1-11-7(9)3-5-13-14-6-4-8(10)12-2/h5-8,13-14,17-18H,3-4,9-10H2,1-2H3;3-6H2,1-2H3. The van der Waals surface area contributed by atoms with Gasteiger partial charge in [0.2, 0.25) is 0 Å². The first kappa shape index (κ1) is 33.7. The fourth-order valence-corrected chi connectivity index (χ4v) is 4.00. The zero-order chi connectivity index (χ0) is 27.3. The number of rotatable bonds is 15. The molecule has 0 saturated carbocycles. The molecule has 0 saturated heterocycles. The van der Waals surface area contributed by atoms with Crippen LogP contribution in [0.2, 0.25) is 0 Å². The fourth-order valence-electron chi connectivity index (χ4n) is 2.06. The molecule has 36 heavy (non-hydrogen) atoms. The van der Waals surface area contributed by atoms with Gasteiger partial charge < -0.3 is 29.2 Å². The third-order valence-corrected chi connectivity index (χ3v) is 6.84. The van der Waals surface area contributed by atoms with Gasteiger partial charge in [0.05, 0.1) is 50.4 Å². The van der Waals surface area contributed by atoms with Crippen molar-refractivity contribution in [3.63, 3.8) is 0 Å². The highest BCUT2D eigenvalue weighted by molar-refractivity contribution is 8.76. The fraction of sp³-hybridized carbons (Fsp3) is 0.583. The Morgan fingerprint density at radius 3 is 1.33 bits per heavy atom. The third kappa shape index (κ3) is 16.4. The van der Waals surface area contributed by atoms with E-state index in [9.17, 15) is 29.4 Å². The predicted molar refractivity (Wildman–Crippen MR) is 138 cm³/mol. The van der Waals surface area contributed by atoms with Gasteiger partial charge in [0.25, 0.3) is 0 Å². The lowest BCUT2D eigenvalue weighted by Gasteiger charge is -2.10. The van der Waals surface area contributed by atoms with Crippen LogP contribution in [-0.4, -0.2) is 85.2 Å². The first-order valence-corrected chi connectivity index (χ1v) is 13.9.